The van der Waals surface area contributed by atoms with Gasteiger partial charge in [0.2, 0.25) is 5.16 Å². The van der Waals surface area contributed by atoms with Gasteiger partial charge >= 0.3 is 5.97 Å². The SMILES string of the molecule is Cc1cccc(-c2nc(N3CCC(CC(=O)OC(C)(C)C)CC3)sc2-c2ccnc(S(C)=O)n2)c1. The fourth-order valence-electron chi connectivity index (χ4n) is 4.16. The number of anilines is 1. The Hall–Kier alpha value is -2.65. The van der Waals surface area contributed by atoms with E-state index in [9.17, 15) is 9.00 Å². The smallest absolute Gasteiger partial charge is 0.306 e. The van der Waals surface area contributed by atoms with Crippen LogP contribution in [0.2, 0.25) is 0 Å². The third kappa shape index (κ3) is 6.52. The maximum absolute atomic E-state index is 12.3. The minimum atomic E-state index is -1.27. The van der Waals surface area contributed by atoms with Crippen LogP contribution in [0.3, 0.4) is 0 Å². The molecule has 0 amide bonds. The summed E-state index contributed by atoms with van der Waals surface area (Å²) in [5.74, 6) is 0.197. The van der Waals surface area contributed by atoms with Gasteiger partial charge in [0.25, 0.3) is 0 Å². The molecule has 1 fully saturated rings. The number of hydrogen-bond donors (Lipinski definition) is 0. The van der Waals surface area contributed by atoms with Crippen LogP contribution in [0.5, 0.6) is 0 Å². The van der Waals surface area contributed by atoms with Crippen molar-refractivity contribution in [2.24, 2.45) is 5.92 Å². The normalized spacial score (nSPS) is 15.7. The molecule has 35 heavy (non-hydrogen) atoms. The van der Waals surface area contributed by atoms with E-state index < -0.39 is 16.4 Å². The Balaban J connectivity index is 1.58. The molecule has 0 aliphatic carbocycles. The van der Waals surface area contributed by atoms with Crippen LogP contribution in [0.25, 0.3) is 21.8 Å². The average Bonchev–Trinajstić information content (AvgIpc) is 3.24. The number of benzene rings is 1. The lowest BCUT2D eigenvalue weighted by atomic mass is 9.94. The highest BCUT2D eigenvalue weighted by molar-refractivity contribution is 7.84. The first-order chi connectivity index (χ1) is 16.6. The van der Waals surface area contributed by atoms with E-state index in [-0.39, 0.29) is 5.97 Å². The van der Waals surface area contributed by atoms with Crippen LogP contribution in [0.15, 0.2) is 41.7 Å². The van der Waals surface area contributed by atoms with Gasteiger partial charge in [0, 0.05) is 37.5 Å². The molecule has 3 aromatic rings. The molecule has 4 rings (SSSR count). The van der Waals surface area contributed by atoms with E-state index in [1.54, 1.807) is 23.8 Å². The molecule has 1 unspecified atom stereocenters. The lowest BCUT2D eigenvalue weighted by Gasteiger charge is -2.31. The number of aromatic nitrogens is 3. The predicted molar refractivity (Wildman–Crippen MR) is 141 cm³/mol. The van der Waals surface area contributed by atoms with Gasteiger partial charge < -0.3 is 9.64 Å². The van der Waals surface area contributed by atoms with Gasteiger partial charge in [-0.25, -0.2) is 15.0 Å². The van der Waals surface area contributed by atoms with Gasteiger partial charge in [-0.1, -0.05) is 35.1 Å². The summed E-state index contributed by atoms with van der Waals surface area (Å²) >= 11 is 1.60. The van der Waals surface area contributed by atoms with Crippen molar-refractivity contribution in [3.63, 3.8) is 0 Å². The summed E-state index contributed by atoms with van der Waals surface area (Å²) < 4.78 is 17.5. The molecule has 1 aliphatic rings. The number of carbonyl (C=O) groups excluding carboxylic acids is 1. The molecule has 0 radical (unpaired) electrons. The summed E-state index contributed by atoms with van der Waals surface area (Å²) in [6.07, 6.45) is 5.53. The maximum atomic E-state index is 12.3. The van der Waals surface area contributed by atoms with Crippen molar-refractivity contribution in [2.45, 2.75) is 57.7 Å². The summed E-state index contributed by atoms with van der Waals surface area (Å²) in [4.78, 5) is 29.3. The van der Waals surface area contributed by atoms with Crippen LogP contribution in [0.4, 0.5) is 5.13 Å². The molecule has 0 bridgehead atoms. The van der Waals surface area contributed by atoms with E-state index in [0.29, 0.717) is 17.5 Å². The molecule has 3 heterocycles. The monoisotopic (exact) mass is 512 g/mol. The zero-order valence-corrected chi connectivity index (χ0v) is 22.5. The van der Waals surface area contributed by atoms with Crippen molar-refractivity contribution < 1.29 is 13.7 Å². The number of nitrogens with zero attached hydrogens (tertiary/aromatic N) is 4. The standard InChI is InChI=1S/C26H32N4O3S2/c1-17-7-6-8-19(15-17)22-23(20-9-12-27-24(28-20)35(5)32)34-25(29-22)30-13-10-18(11-14-30)16-21(31)33-26(2,3)4/h6-9,12,15,18H,10-11,13-14,16H2,1-5H3. The van der Waals surface area contributed by atoms with Crippen LogP contribution in [-0.2, 0) is 20.3 Å². The summed E-state index contributed by atoms with van der Waals surface area (Å²) in [7, 11) is -1.27. The van der Waals surface area contributed by atoms with E-state index in [2.05, 4.69) is 40.0 Å². The van der Waals surface area contributed by atoms with Gasteiger partial charge in [0.05, 0.1) is 27.1 Å². The Labute approximate surface area is 213 Å². The average molecular weight is 513 g/mol. The first kappa shape index (κ1) is 25.4. The molecule has 0 spiro atoms. The van der Waals surface area contributed by atoms with Gasteiger partial charge in [0.15, 0.2) is 5.13 Å². The molecule has 0 saturated carbocycles. The Morgan fingerprint density at radius 3 is 2.60 bits per heavy atom. The first-order valence-corrected chi connectivity index (χ1v) is 14.2. The molecular formula is C26H32N4O3S2. The molecule has 1 aromatic carbocycles. The second-order valence-corrected chi connectivity index (χ2v) is 12.2. The van der Waals surface area contributed by atoms with E-state index in [4.69, 9.17) is 9.72 Å². The summed E-state index contributed by atoms with van der Waals surface area (Å²) in [5, 5.41) is 1.25. The first-order valence-electron chi connectivity index (χ1n) is 11.8. The fourth-order valence-corrected chi connectivity index (χ4v) is 5.70. The molecule has 7 nitrogen and oxygen atoms in total. The van der Waals surface area contributed by atoms with Crippen molar-refractivity contribution in [1.82, 2.24) is 15.0 Å². The quantitative estimate of drug-likeness (QED) is 0.329. The van der Waals surface area contributed by atoms with Gasteiger partial charge in [-0.05, 0) is 58.6 Å². The second kappa shape index (κ2) is 10.5. The molecule has 1 atom stereocenters. The molecule has 0 N–H and O–H groups in total. The van der Waals surface area contributed by atoms with Crippen LogP contribution in [0.1, 0.15) is 45.6 Å². The van der Waals surface area contributed by atoms with Gasteiger partial charge in [0.1, 0.15) is 5.60 Å². The largest absolute Gasteiger partial charge is 0.460 e. The highest BCUT2D eigenvalue weighted by atomic mass is 32.2. The zero-order valence-electron chi connectivity index (χ0n) is 20.9. The van der Waals surface area contributed by atoms with Crippen LogP contribution < -0.4 is 4.90 Å². The third-order valence-corrected chi connectivity index (χ3v) is 7.64. The number of thiazole rings is 1. The predicted octanol–water partition coefficient (Wildman–Crippen LogP) is 5.26. The minimum absolute atomic E-state index is 0.123. The summed E-state index contributed by atoms with van der Waals surface area (Å²) in [6.45, 7) is 9.44. The van der Waals surface area contributed by atoms with Gasteiger partial charge in [-0.2, -0.15) is 0 Å². The van der Waals surface area contributed by atoms with Crippen LogP contribution in [0, 0.1) is 12.8 Å². The number of rotatable bonds is 6. The van der Waals surface area contributed by atoms with Crippen LogP contribution in [-0.4, -0.2) is 50.1 Å². The minimum Gasteiger partial charge on any atom is -0.460 e. The summed E-state index contributed by atoms with van der Waals surface area (Å²) in [6, 6.07) is 10.1. The number of piperidine rings is 1. The van der Waals surface area contributed by atoms with E-state index in [1.165, 1.54) is 0 Å². The molecule has 1 aliphatic heterocycles. The Morgan fingerprint density at radius 1 is 1.20 bits per heavy atom. The maximum Gasteiger partial charge on any atom is 0.306 e. The fraction of sp³-hybridized carbons (Fsp3) is 0.462. The molecule has 9 heteroatoms. The number of esters is 1. The van der Waals surface area contributed by atoms with Crippen molar-refractivity contribution in [1.29, 1.82) is 0 Å². The van der Waals surface area contributed by atoms with Gasteiger partial charge in [-0.3, -0.25) is 9.00 Å². The van der Waals surface area contributed by atoms with Crippen molar-refractivity contribution >= 4 is 33.2 Å². The van der Waals surface area contributed by atoms with E-state index >= 15 is 0 Å². The second-order valence-electron chi connectivity index (χ2n) is 9.94. The number of hydrogen-bond acceptors (Lipinski definition) is 8. The molecule has 2 aromatic heterocycles. The number of carbonyl (C=O) groups is 1. The summed E-state index contributed by atoms with van der Waals surface area (Å²) in [5.41, 5.74) is 3.33. The van der Waals surface area contributed by atoms with E-state index in [0.717, 1.165) is 58.5 Å². The van der Waals surface area contributed by atoms with Crippen molar-refractivity contribution in [3.8, 4) is 21.8 Å². The topological polar surface area (TPSA) is 85.3 Å². The molecular weight excluding hydrogens is 480 g/mol. The van der Waals surface area contributed by atoms with Crippen molar-refractivity contribution in [3.05, 3.63) is 42.1 Å². The molecule has 186 valence electrons. The number of aryl methyl sites for hydroxylation is 1. The highest BCUT2D eigenvalue weighted by Crippen LogP contribution is 2.41. The van der Waals surface area contributed by atoms with Crippen molar-refractivity contribution in [2.75, 3.05) is 24.2 Å². The van der Waals surface area contributed by atoms with Crippen LogP contribution >= 0.6 is 11.3 Å². The van der Waals surface area contributed by atoms with E-state index in [1.807, 2.05) is 32.9 Å². The third-order valence-electron chi connectivity index (χ3n) is 5.79. The Bertz CT molecular complexity index is 1230. The zero-order chi connectivity index (χ0) is 25.2. The number of ether oxygens (including phenoxy) is 1. The lowest BCUT2D eigenvalue weighted by molar-refractivity contribution is -0.156. The Morgan fingerprint density at radius 2 is 1.94 bits per heavy atom. The Kier molecular flexibility index (Phi) is 7.66. The highest BCUT2D eigenvalue weighted by Gasteiger charge is 2.27. The molecule has 1 saturated heterocycles. The van der Waals surface area contributed by atoms with Gasteiger partial charge in [-0.15, -0.1) is 0 Å². The lowest BCUT2D eigenvalue weighted by Crippen LogP contribution is -2.35.